The Labute approximate surface area is 183 Å². The molecule has 1 aliphatic heterocycles. The molecule has 1 unspecified atom stereocenters. The molecule has 0 saturated heterocycles. The second-order valence-electron chi connectivity index (χ2n) is 9.23. The normalized spacial score (nSPS) is 20.5. The lowest BCUT2D eigenvalue weighted by Gasteiger charge is -2.43. The minimum atomic E-state index is -0.349. The zero-order valence-corrected chi connectivity index (χ0v) is 18.8. The van der Waals surface area contributed by atoms with E-state index in [0.717, 1.165) is 28.1 Å². The number of hydrogen-bond donors (Lipinski definition) is 0. The van der Waals surface area contributed by atoms with Crippen molar-refractivity contribution in [1.29, 1.82) is 0 Å². The Balaban J connectivity index is 1.92. The zero-order chi connectivity index (χ0) is 22.3. The molecule has 1 heterocycles. The summed E-state index contributed by atoms with van der Waals surface area (Å²) < 4.78 is 11.0. The largest absolute Gasteiger partial charge is 0.497 e. The molecule has 0 aromatic heterocycles. The number of amides is 1. The van der Waals surface area contributed by atoms with Crippen LogP contribution in [-0.2, 0) is 9.59 Å². The second-order valence-corrected chi connectivity index (χ2v) is 9.23. The molecule has 1 aliphatic carbocycles. The minimum Gasteiger partial charge on any atom is -0.497 e. The number of anilines is 1. The summed E-state index contributed by atoms with van der Waals surface area (Å²) in [5.41, 5.74) is 4.09. The molecule has 0 spiro atoms. The Morgan fingerprint density at radius 1 is 0.968 bits per heavy atom. The molecule has 0 N–H and O–H groups in total. The van der Waals surface area contributed by atoms with Crippen molar-refractivity contribution in [2.45, 2.75) is 46.0 Å². The van der Waals surface area contributed by atoms with E-state index in [9.17, 15) is 9.59 Å². The van der Waals surface area contributed by atoms with Gasteiger partial charge in [0.1, 0.15) is 11.5 Å². The average molecular weight is 420 g/mol. The molecule has 162 valence electrons. The van der Waals surface area contributed by atoms with Gasteiger partial charge in [0, 0.05) is 41.3 Å². The van der Waals surface area contributed by atoms with E-state index in [1.807, 2.05) is 49.4 Å². The minimum absolute atomic E-state index is 0.0111. The van der Waals surface area contributed by atoms with Crippen molar-refractivity contribution in [2.24, 2.45) is 5.41 Å². The van der Waals surface area contributed by atoms with Gasteiger partial charge in [-0.2, -0.15) is 0 Å². The Morgan fingerprint density at radius 3 is 2.32 bits per heavy atom. The van der Waals surface area contributed by atoms with Crippen molar-refractivity contribution in [3.05, 3.63) is 64.9 Å². The van der Waals surface area contributed by atoms with Crippen LogP contribution in [0.15, 0.2) is 53.7 Å². The molecule has 2 aromatic rings. The third kappa shape index (κ3) is 3.85. The molecule has 0 saturated carbocycles. The molecule has 0 fully saturated rings. The predicted molar refractivity (Wildman–Crippen MR) is 121 cm³/mol. The average Bonchev–Trinajstić information content (AvgIpc) is 2.72. The SMILES string of the molecule is COc1ccc(OC)c(C2CC(=O)N(c3ccc(C)cc3)C3=C2C(=O)CC(C)(C)C3)c1. The summed E-state index contributed by atoms with van der Waals surface area (Å²) in [6.45, 7) is 6.19. The highest BCUT2D eigenvalue weighted by Crippen LogP contribution is 2.49. The van der Waals surface area contributed by atoms with Crippen LogP contribution in [0.4, 0.5) is 5.69 Å². The van der Waals surface area contributed by atoms with Gasteiger partial charge in [0.15, 0.2) is 5.78 Å². The van der Waals surface area contributed by atoms with Crippen LogP contribution in [0.3, 0.4) is 0 Å². The number of hydrogen-bond acceptors (Lipinski definition) is 4. The van der Waals surface area contributed by atoms with Gasteiger partial charge in [0.25, 0.3) is 0 Å². The molecule has 5 heteroatoms. The van der Waals surface area contributed by atoms with Gasteiger partial charge < -0.3 is 9.47 Å². The van der Waals surface area contributed by atoms with Crippen molar-refractivity contribution in [2.75, 3.05) is 19.1 Å². The Hall–Kier alpha value is -3.08. The molecule has 31 heavy (non-hydrogen) atoms. The van der Waals surface area contributed by atoms with Crippen LogP contribution < -0.4 is 14.4 Å². The van der Waals surface area contributed by atoms with E-state index < -0.39 is 0 Å². The van der Waals surface area contributed by atoms with Gasteiger partial charge in [-0.25, -0.2) is 0 Å². The van der Waals surface area contributed by atoms with Crippen molar-refractivity contribution >= 4 is 17.4 Å². The molecule has 1 atom stereocenters. The zero-order valence-electron chi connectivity index (χ0n) is 18.8. The van der Waals surface area contributed by atoms with Crippen molar-refractivity contribution in [1.82, 2.24) is 0 Å². The molecule has 2 aliphatic rings. The number of aryl methyl sites for hydroxylation is 1. The van der Waals surface area contributed by atoms with E-state index in [2.05, 4.69) is 13.8 Å². The maximum atomic E-state index is 13.5. The summed E-state index contributed by atoms with van der Waals surface area (Å²) in [5.74, 6) is 1.08. The topological polar surface area (TPSA) is 55.8 Å². The van der Waals surface area contributed by atoms with Crippen LogP contribution in [-0.4, -0.2) is 25.9 Å². The van der Waals surface area contributed by atoms with Crippen molar-refractivity contribution in [3.63, 3.8) is 0 Å². The van der Waals surface area contributed by atoms with E-state index in [1.54, 1.807) is 19.1 Å². The van der Waals surface area contributed by atoms with E-state index in [1.165, 1.54) is 0 Å². The Bertz CT molecular complexity index is 1070. The van der Waals surface area contributed by atoms with E-state index in [0.29, 0.717) is 24.3 Å². The standard InChI is InChI=1S/C26H29NO4/c1-16-6-8-17(9-7-16)27-21-14-26(2,3)15-22(28)25(21)20(13-24(27)29)19-12-18(30-4)10-11-23(19)31-5/h6-12,20H,13-15H2,1-5H3. The van der Waals surface area contributed by atoms with Crippen LogP contribution in [0.25, 0.3) is 0 Å². The fourth-order valence-corrected chi connectivity index (χ4v) is 4.79. The van der Waals surface area contributed by atoms with E-state index in [4.69, 9.17) is 9.47 Å². The lowest BCUT2D eigenvalue weighted by molar-refractivity contribution is -0.121. The number of methoxy groups -OCH3 is 2. The second kappa shape index (κ2) is 7.88. The number of nitrogens with zero attached hydrogens (tertiary/aromatic N) is 1. The highest BCUT2D eigenvalue weighted by molar-refractivity contribution is 6.08. The van der Waals surface area contributed by atoms with Crippen LogP contribution in [0.1, 0.15) is 50.2 Å². The summed E-state index contributed by atoms with van der Waals surface area (Å²) in [4.78, 5) is 28.7. The number of carbonyl (C=O) groups excluding carboxylic acids is 2. The summed E-state index contributed by atoms with van der Waals surface area (Å²) >= 11 is 0. The maximum absolute atomic E-state index is 13.5. The number of ether oxygens (including phenoxy) is 2. The van der Waals surface area contributed by atoms with Crippen LogP contribution in [0, 0.1) is 12.3 Å². The molecule has 5 nitrogen and oxygen atoms in total. The number of rotatable bonds is 4. The molecular formula is C26H29NO4. The number of carbonyl (C=O) groups is 2. The third-order valence-corrected chi connectivity index (χ3v) is 6.25. The molecular weight excluding hydrogens is 390 g/mol. The molecule has 2 aromatic carbocycles. The first-order valence-corrected chi connectivity index (χ1v) is 10.6. The van der Waals surface area contributed by atoms with Crippen molar-refractivity contribution in [3.8, 4) is 11.5 Å². The summed E-state index contributed by atoms with van der Waals surface area (Å²) in [6.07, 6.45) is 1.34. The highest BCUT2D eigenvalue weighted by Gasteiger charge is 2.45. The van der Waals surface area contributed by atoms with Gasteiger partial charge in [-0.1, -0.05) is 31.5 Å². The number of allylic oxidation sites excluding steroid dienone is 2. The number of ketones is 1. The summed E-state index contributed by atoms with van der Waals surface area (Å²) in [5, 5.41) is 0. The number of Topliss-reactive ketones (excluding diaryl/α,β-unsaturated/α-hetero) is 1. The first kappa shape index (κ1) is 21.2. The van der Waals surface area contributed by atoms with Crippen LogP contribution in [0.2, 0.25) is 0 Å². The summed E-state index contributed by atoms with van der Waals surface area (Å²) in [7, 11) is 3.21. The van der Waals surface area contributed by atoms with Gasteiger partial charge in [-0.05, 0) is 49.1 Å². The predicted octanol–water partition coefficient (Wildman–Crippen LogP) is 5.18. The highest BCUT2D eigenvalue weighted by atomic mass is 16.5. The summed E-state index contributed by atoms with van der Waals surface area (Å²) in [6, 6.07) is 13.4. The smallest absolute Gasteiger partial charge is 0.232 e. The Kier molecular flexibility index (Phi) is 5.38. The van der Waals surface area contributed by atoms with Gasteiger partial charge in [-0.3, -0.25) is 14.5 Å². The monoisotopic (exact) mass is 419 g/mol. The van der Waals surface area contributed by atoms with Gasteiger partial charge in [0.2, 0.25) is 5.91 Å². The molecule has 4 rings (SSSR count). The van der Waals surface area contributed by atoms with Gasteiger partial charge >= 0.3 is 0 Å². The van der Waals surface area contributed by atoms with Gasteiger partial charge in [0.05, 0.1) is 14.2 Å². The fourth-order valence-electron chi connectivity index (χ4n) is 4.79. The Morgan fingerprint density at radius 2 is 1.68 bits per heavy atom. The van der Waals surface area contributed by atoms with Crippen molar-refractivity contribution < 1.29 is 19.1 Å². The quantitative estimate of drug-likeness (QED) is 0.686. The fraction of sp³-hybridized carbons (Fsp3) is 0.385. The lowest BCUT2D eigenvalue weighted by Crippen LogP contribution is -2.43. The molecule has 0 bridgehead atoms. The maximum Gasteiger partial charge on any atom is 0.232 e. The first-order chi connectivity index (χ1) is 14.7. The van der Waals surface area contributed by atoms with E-state index in [-0.39, 0.29) is 29.4 Å². The van der Waals surface area contributed by atoms with Gasteiger partial charge in [-0.15, -0.1) is 0 Å². The number of benzene rings is 2. The first-order valence-electron chi connectivity index (χ1n) is 10.6. The van der Waals surface area contributed by atoms with Crippen LogP contribution in [0.5, 0.6) is 11.5 Å². The molecule has 0 radical (unpaired) electrons. The van der Waals surface area contributed by atoms with E-state index >= 15 is 0 Å². The lowest BCUT2D eigenvalue weighted by atomic mass is 9.69. The van der Waals surface area contributed by atoms with Crippen LogP contribution >= 0.6 is 0 Å². The third-order valence-electron chi connectivity index (χ3n) is 6.25. The molecule has 1 amide bonds.